The predicted molar refractivity (Wildman–Crippen MR) is 88.7 cm³/mol. The molecule has 0 amide bonds. The molecule has 23 heavy (non-hydrogen) atoms. The summed E-state index contributed by atoms with van der Waals surface area (Å²) in [6.07, 6.45) is 1.62. The van der Waals surface area contributed by atoms with E-state index in [1.54, 1.807) is 30.5 Å². The Labute approximate surface area is 132 Å². The van der Waals surface area contributed by atoms with Crippen molar-refractivity contribution in [1.29, 1.82) is 0 Å². The van der Waals surface area contributed by atoms with E-state index in [-0.39, 0.29) is 17.6 Å². The van der Waals surface area contributed by atoms with Crippen LogP contribution in [0.3, 0.4) is 0 Å². The van der Waals surface area contributed by atoms with Gasteiger partial charge in [-0.05, 0) is 38.1 Å². The second-order valence-electron chi connectivity index (χ2n) is 5.26. The first-order valence-electron chi connectivity index (χ1n) is 7.21. The molecule has 0 radical (unpaired) electrons. The zero-order valence-electron chi connectivity index (χ0n) is 12.9. The van der Waals surface area contributed by atoms with Crippen LogP contribution in [0.1, 0.15) is 13.8 Å². The van der Waals surface area contributed by atoms with E-state index in [1.165, 1.54) is 4.57 Å². The van der Waals surface area contributed by atoms with Gasteiger partial charge in [0.2, 0.25) is 5.95 Å². The summed E-state index contributed by atoms with van der Waals surface area (Å²) in [5.74, 6) is 6.41. The summed E-state index contributed by atoms with van der Waals surface area (Å²) in [5.41, 5.74) is 3.16. The molecular weight excluding hydrogens is 294 g/mol. The Morgan fingerprint density at radius 2 is 2.09 bits per heavy atom. The van der Waals surface area contributed by atoms with Gasteiger partial charge in [-0.3, -0.25) is 10.2 Å². The molecule has 2 aromatic heterocycles. The molecule has 0 atom stereocenters. The van der Waals surface area contributed by atoms with Crippen LogP contribution in [0.5, 0.6) is 5.75 Å². The molecular formula is C16H17N5O2. The summed E-state index contributed by atoms with van der Waals surface area (Å²) < 4.78 is 7.08. The van der Waals surface area contributed by atoms with Gasteiger partial charge in [0, 0.05) is 12.3 Å². The maximum atomic E-state index is 12.8. The average Bonchev–Trinajstić information content (AvgIpc) is 2.54. The maximum Gasteiger partial charge on any atom is 0.269 e. The lowest BCUT2D eigenvalue weighted by atomic mass is 10.2. The first kappa shape index (κ1) is 15.0. The lowest BCUT2D eigenvalue weighted by Gasteiger charge is -2.14. The largest absolute Gasteiger partial charge is 0.491 e. The van der Waals surface area contributed by atoms with E-state index in [9.17, 15) is 4.79 Å². The molecule has 3 rings (SSSR count). The number of nitrogens with one attached hydrogen (secondary N) is 1. The van der Waals surface area contributed by atoms with Crippen molar-refractivity contribution in [2.45, 2.75) is 20.0 Å². The highest BCUT2D eigenvalue weighted by Crippen LogP contribution is 2.20. The number of benzene rings is 1. The second-order valence-corrected chi connectivity index (χ2v) is 5.26. The van der Waals surface area contributed by atoms with Gasteiger partial charge in [0.05, 0.1) is 17.2 Å². The van der Waals surface area contributed by atoms with Crippen LogP contribution in [-0.4, -0.2) is 20.6 Å². The molecule has 0 bridgehead atoms. The highest BCUT2D eigenvalue weighted by atomic mass is 16.5. The molecule has 2 heterocycles. The van der Waals surface area contributed by atoms with E-state index < -0.39 is 0 Å². The summed E-state index contributed by atoms with van der Waals surface area (Å²) in [6, 6.07) is 10.6. The van der Waals surface area contributed by atoms with Crippen LogP contribution in [0.2, 0.25) is 0 Å². The van der Waals surface area contributed by atoms with Gasteiger partial charge in [-0.2, -0.15) is 4.98 Å². The zero-order valence-corrected chi connectivity index (χ0v) is 12.9. The molecule has 3 N–H and O–H groups in total. The van der Waals surface area contributed by atoms with E-state index in [0.717, 1.165) is 0 Å². The quantitative estimate of drug-likeness (QED) is 0.564. The van der Waals surface area contributed by atoms with Gasteiger partial charge in [-0.25, -0.2) is 15.4 Å². The van der Waals surface area contributed by atoms with Crippen molar-refractivity contribution in [2.24, 2.45) is 5.84 Å². The van der Waals surface area contributed by atoms with E-state index in [0.29, 0.717) is 22.5 Å². The molecule has 7 heteroatoms. The molecule has 0 saturated heterocycles. The monoisotopic (exact) mass is 311 g/mol. The summed E-state index contributed by atoms with van der Waals surface area (Å²) in [5, 5.41) is 0.418. The number of rotatable bonds is 4. The zero-order chi connectivity index (χ0) is 16.4. The SMILES string of the molecule is CC(C)Oc1cccc(-n2c(NN)nc3ncccc3c2=O)c1. The van der Waals surface area contributed by atoms with Crippen molar-refractivity contribution >= 4 is 17.0 Å². The van der Waals surface area contributed by atoms with Crippen molar-refractivity contribution in [3.63, 3.8) is 0 Å². The third kappa shape index (κ3) is 2.86. The Kier molecular flexibility index (Phi) is 3.94. The smallest absolute Gasteiger partial charge is 0.269 e. The van der Waals surface area contributed by atoms with Crippen molar-refractivity contribution in [3.05, 3.63) is 52.9 Å². The molecule has 1 aromatic carbocycles. The number of aromatic nitrogens is 3. The normalized spacial score (nSPS) is 11.0. The summed E-state index contributed by atoms with van der Waals surface area (Å²) in [7, 11) is 0. The first-order valence-corrected chi connectivity index (χ1v) is 7.21. The number of pyridine rings is 1. The standard InChI is InChI=1S/C16H17N5O2/c1-10(2)23-12-6-3-5-11(9-12)21-15(22)13-7-4-8-18-14(13)19-16(21)20-17/h3-10H,17H2,1-2H3,(H,18,19,20). The van der Waals surface area contributed by atoms with Gasteiger partial charge >= 0.3 is 0 Å². The van der Waals surface area contributed by atoms with E-state index in [4.69, 9.17) is 10.6 Å². The van der Waals surface area contributed by atoms with Gasteiger partial charge < -0.3 is 4.74 Å². The molecule has 0 aliphatic heterocycles. The summed E-state index contributed by atoms with van der Waals surface area (Å²) in [4.78, 5) is 21.2. The van der Waals surface area contributed by atoms with Crippen LogP contribution in [0.4, 0.5) is 5.95 Å². The van der Waals surface area contributed by atoms with E-state index in [2.05, 4.69) is 15.4 Å². The molecule has 118 valence electrons. The Balaban J connectivity index is 2.23. The van der Waals surface area contributed by atoms with Crippen LogP contribution in [0, 0.1) is 0 Å². The van der Waals surface area contributed by atoms with Crippen LogP contribution in [0.25, 0.3) is 16.7 Å². The highest BCUT2D eigenvalue weighted by Gasteiger charge is 2.13. The average molecular weight is 311 g/mol. The van der Waals surface area contributed by atoms with Crippen molar-refractivity contribution in [2.75, 3.05) is 5.43 Å². The fraction of sp³-hybridized carbons (Fsp3) is 0.188. The minimum atomic E-state index is -0.252. The van der Waals surface area contributed by atoms with Gasteiger partial charge in [-0.15, -0.1) is 0 Å². The number of ether oxygens (including phenoxy) is 1. The molecule has 0 unspecified atom stereocenters. The van der Waals surface area contributed by atoms with Gasteiger partial charge in [-0.1, -0.05) is 6.07 Å². The Bertz CT molecular complexity index is 904. The first-order chi connectivity index (χ1) is 11.1. The predicted octanol–water partition coefficient (Wildman–Crippen LogP) is 1.85. The number of nitrogens with two attached hydrogens (primary N) is 1. The van der Waals surface area contributed by atoms with Crippen LogP contribution < -0.4 is 21.6 Å². The fourth-order valence-electron chi connectivity index (χ4n) is 2.32. The molecule has 7 nitrogen and oxygen atoms in total. The van der Waals surface area contributed by atoms with Crippen LogP contribution in [-0.2, 0) is 0 Å². The molecule has 0 spiro atoms. The topological polar surface area (TPSA) is 95.1 Å². The second kappa shape index (κ2) is 6.05. The number of anilines is 1. The number of nitrogens with zero attached hydrogens (tertiary/aromatic N) is 3. The lowest BCUT2D eigenvalue weighted by molar-refractivity contribution is 0.242. The van der Waals surface area contributed by atoms with E-state index >= 15 is 0 Å². The summed E-state index contributed by atoms with van der Waals surface area (Å²) in [6.45, 7) is 3.88. The third-order valence-corrected chi connectivity index (χ3v) is 3.22. The minimum absolute atomic E-state index is 0.0352. The van der Waals surface area contributed by atoms with Crippen molar-refractivity contribution in [3.8, 4) is 11.4 Å². The van der Waals surface area contributed by atoms with Crippen LogP contribution >= 0.6 is 0 Å². The Morgan fingerprint density at radius 1 is 1.26 bits per heavy atom. The number of fused-ring (bicyclic) bond motifs is 1. The minimum Gasteiger partial charge on any atom is -0.491 e. The number of hydrazine groups is 1. The van der Waals surface area contributed by atoms with Crippen molar-refractivity contribution in [1.82, 2.24) is 14.5 Å². The van der Waals surface area contributed by atoms with Crippen molar-refractivity contribution < 1.29 is 4.74 Å². The third-order valence-electron chi connectivity index (χ3n) is 3.22. The number of nitrogen functional groups attached to an aromatic ring is 1. The van der Waals surface area contributed by atoms with Gasteiger partial charge in [0.25, 0.3) is 5.56 Å². The molecule has 0 aliphatic carbocycles. The van der Waals surface area contributed by atoms with Crippen LogP contribution in [0.15, 0.2) is 47.4 Å². The summed E-state index contributed by atoms with van der Waals surface area (Å²) >= 11 is 0. The molecule has 0 fully saturated rings. The Morgan fingerprint density at radius 3 is 2.83 bits per heavy atom. The highest BCUT2D eigenvalue weighted by molar-refractivity contribution is 5.75. The maximum absolute atomic E-state index is 12.8. The number of hydrogen-bond acceptors (Lipinski definition) is 6. The Hall–Kier alpha value is -2.93. The van der Waals surface area contributed by atoms with Gasteiger partial charge in [0.1, 0.15) is 5.75 Å². The fourth-order valence-corrected chi connectivity index (χ4v) is 2.32. The number of hydrogen-bond donors (Lipinski definition) is 2. The molecule has 0 saturated carbocycles. The van der Waals surface area contributed by atoms with E-state index in [1.807, 2.05) is 26.0 Å². The van der Waals surface area contributed by atoms with Gasteiger partial charge in [0.15, 0.2) is 5.65 Å². The molecule has 3 aromatic rings. The lowest BCUT2D eigenvalue weighted by Crippen LogP contribution is -2.26. The molecule has 0 aliphatic rings.